The van der Waals surface area contributed by atoms with Gasteiger partial charge in [0.05, 0.1) is 6.61 Å². The first-order valence-electron chi connectivity index (χ1n) is 7.27. The molecule has 0 fully saturated rings. The minimum absolute atomic E-state index is 0.670. The second-order valence-electron chi connectivity index (χ2n) is 4.84. The highest BCUT2D eigenvalue weighted by molar-refractivity contribution is 5.60. The third kappa shape index (κ3) is 3.49. The van der Waals surface area contributed by atoms with Crippen molar-refractivity contribution in [2.75, 3.05) is 12.0 Å². The van der Waals surface area contributed by atoms with Gasteiger partial charge in [0.1, 0.15) is 11.6 Å². The van der Waals surface area contributed by atoms with E-state index in [0.717, 1.165) is 42.0 Å². The standard InChI is InChI=1S/C16H22N4O/c1-4-10-21-13-8-6-12(7-9-13)16-18-14(5-2)11(3)15(19-16)20-17/h6-9H,4-5,10,17H2,1-3H3,(H,18,19,20). The second kappa shape index (κ2) is 7.04. The molecule has 0 unspecified atom stereocenters. The van der Waals surface area contributed by atoms with Gasteiger partial charge in [0.2, 0.25) is 0 Å². The van der Waals surface area contributed by atoms with Gasteiger partial charge in [-0.25, -0.2) is 15.8 Å². The van der Waals surface area contributed by atoms with Crippen LogP contribution in [0.4, 0.5) is 5.82 Å². The Bertz CT molecular complexity index is 571. The molecule has 1 aromatic carbocycles. The molecule has 0 saturated carbocycles. The van der Waals surface area contributed by atoms with Gasteiger partial charge in [-0.05, 0) is 44.0 Å². The van der Waals surface area contributed by atoms with Gasteiger partial charge in [0.25, 0.3) is 0 Å². The van der Waals surface area contributed by atoms with Crippen LogP contribution in [0.3, 0.4) is 0 Å². The molecule has 0 amide bonds. The number of rotatable bonds is 6. The van der Waals surface area contributed by atoms with Gasteiger partial charge >= 0.3 is 0 Å². The van der Waals surface area contributed by atoms with Crippen molar-refractivity contribution in [3.63, 3.8) is 0 Å². The fourth-order valence-corrected chi connectivity index (χ4v) is 2.10. The average molecular weight is 286 g/mol. The normalized spacial score (nSPS) is 10.5. The van der Waals surface area contributed by atoms with E-state index < -0.39 is 0 Å². The highest BCUT2D eigenvalue weighted by atomic mass is 16.5. The van der Waals surface area contributed by atoms with E-state index in [1.54, 1.807) is 0 Å². The summed E-state index contributed by atoms with van der Waals surface area (Å²) in [6, 6.07) is 7.82. The molecule has 0 aliphatic heterocycles. The molecule has 1 heterocycles. The maximum absolute atomic E-state index is 5.58. The van der Waals surface area contributed by atoms with Crippen molar-refractivity contribution >= 4 is 5.82 Å². The largest absolute Gasteiger partial charge is 0.494 e. The number of nitrogens with two attached hydrogens (primary N) is 1. The number of nitrogens with one attached hydrogen (secondary N) is 1. The monoisotopic (exact) mass is 286 g/mol. The Hall–Kier alpha value is -2.14. The molecule has 5 heteroatoms. The molecule has 1 aromatic heterocycles. The third-order valence-corrected chi connectivity index (χ3v) is 3.30. The van der Waals surface area contributed by atoms with Gasteiger partial charge in [-0.1, -0.05) is 13.8 Å². The maximum Gasteiger partial charge on any atom is 0.161 e. The van der Waals surface area contributed by atoms with E-state index in [1.807, 2.05) is 31.2 Å². The lowest BCUT2D eigenvalue weighted by Crippen LogP contribution is -2.13. The Morgan fingerprint density at radius 2 is 1.86 bits per heavy atom. The van der Waals surface area contributed by atoms with E-state index in [4.69, 9.17) is 10.6 Å². The molecule has 0 aliphatic carbocycles. The van der Waals surface area contributed by atoms with Gasteiger partial charge in [-0.3, -0.25) is 0 Å². The SMILES string of the molecule is CCCOc1ccc(-c2nc(CC)c(C)c(NN)n2)cc1. The molecule has 2 rings (SSSR count). The number of hydrogen-bond donors (Lipinski definition) is 2. The number of hydrogen-bond acceptors (Lipinski definition) is 5. The van der Waals surface area contributed by atoms with E-state index in [9.17, 15) is 0 Å². The predicted molar refractivity (Wildman–Crippen MR) is 85.2 cm³/mol. The smallest absolute Gasteiger partial charge is 0.161 e. The molecule has 5 nitrogen and oxygen atoms in total. The van der Waals surface area contributed by atoms with Crippen molar-refractivity contribution in [3.05, 3.63) is 35.5 Å². The number of ether oxygens (including phenoxy) is 1. The zero-order chi connectivity index (χ0) is 15.2. The van der Waals surface area contributed by atoms with Crippen molar-refractivity contribution in [1.29, 1.82) is 0 Å². The van der Waals surface area contributed by atoms with E-state index in [2.05, 4.69) is 29.2 Å². The summed E-state index contributed by atoms with van der Waals surface area (Å²) in [6.45, 7) is 6.85. The van der Waals surface area contributed by atoms with Crippen LogP contribution in [-0.4, -0.2) is 16.6 Å². The molecule has 0 spiro atoms. The molecular formula is C16H22N4O. The Kier molecular flexibility index (Phi) is 5.11. The number of aromatic nitrogens is 2. The van der Waals surface area contributed by atoms with Gasteiger partial charge in [0, 0.05) is 16.8 Å². The average Bonchev–Trinajstić information content (AvgIpc) is 2.53. The van der Waals surface area contributed by atoms with Crippen molar-refractivity contribution in [2.45, 2.75) is 33.6 Å². The van der Waals surface area contributed by atoms with Crippen LogP contribution in [0.15, 0.2) is 24.3 Å². The van der Waals surface area contributed by atoms with Crippen LogP contribution >= 0.6 is 0 Å². The summed E-state index contributed by atoms with van der Waals surface area (Å²) in [7, 11) is 0. The summed E-state index contributed by atoms with van der Waals surface area (Å²) < 4.78 is 5.58. The van der Waals surface area contributed by atoms with Crippen molar-refractivity contribution < 1.29 is 4.74 Å². The van der Waals surface area contributed by atoms with E-state index in [1.165, 1.54) is 0 Å². The van der Waals surface area contributed by atoms with Crippen molar-refractivity contribution in [1.82, 2.24) is 9.97 Å². The fourth-order valence-electron chi connectivity index (χ4n) is 2.10. The molecule has 3 N–H and O–H groups in total. The number of aryl methyl sites for hydroxylation is 1. The summed E-state index contributed by atoms with van der Waals surface area (Å²) in [4.78, 5) is 9.09. The van der Waals surface area contributed by atoms with Crippen LogP contribution in [0.2, 0.25) is 0 Å². The van der Waals surface area contributed by atoms with Crippen LogP contribution in [-0.2, 0) is 6.42 Å². The van der Waals surface area contributed by atoms with Crippen molar-refractivity contribution in [2.24, 2.45) is 5.84 Å². The minimum Gasteiger partial charge on any atom is -0.494 e. The highest BCUT2D eigenvalue weighted by Crippen LogP contribution is 2.23. The molecule has 2 aromatic rings. The molecular weight excluding hydrogens is 264 g/mol. The molecule has 0 atom stereocenters. The number of hydrazine groups is 1. The number of benzene rings is 1. The van der Waals surface area contributed by atoms with Gasteiger partial charge < -0.3 is 10.2 Å². The van der Waals surface area contributed by atoms with E-state index in [-0.39, 0.29) is 0 Å². The maximum atomic E-state index is 5.58. The van der Waals surface area contributed by atoms with Gasteiger partial charge in [0.15, 0.2) is 5.82 Å². The third-order valence-electron chi connectivity index (χ3n) is 3.30. The van der Waals surface area contributed by atoms with Crippen molar-refractivity contribution in [3.8, 4) is 17.1 Å². The summed E-state index contributed by atoms with van der Waals surface area (Å²) >= 11 is 0. The molecule has 0 radical (unpaired) electrons. The van der Waals surface area contributed by atoms with Crippen LogP contribution < -0.4 is 16.0 Å². The Morgan fingerprint density at radius 1 is 1.14 bits per heavy atom. The number of anilines is 1. The first kappa shape index (κ1) is 15.3. The number of nitrogens with zero attached hydrogens (tertiary/aromatic N) is 2. The summed E-state index contributed by atoms with van der Waals surface area (Å²) in [5.74, 6) is 7.74. The van der Waals surface area contributed by atoms with Gasteiger partial charge in [-0.15, -0.1) is 0 Å². The zero-order valence-electron chi connectivity index (χ0n) is 12.8. The van der Waals surface area contributed by atoms with Gasteiger partial charge in [-0.2, -0.15) is 0 Å². The topological polar surface area (TPSA) is 73.1 Å². The minimum atomic E-state index is 0.670. The fraction of sp³-hybridized carbons (Fsp3) is 0.375. The lowest BCUT2D eigenvalue weighted by Gasteiger charge is -2.11. The van der Waals surface area contributed by atoms with Crippen LogP contribution in [0, 0.1) is 6.92 Å². The molecule has 21 heavy (non-hydrogen) atoms. The second-order valence-corrected chi connectivity index (χ2v) is 4.84. The first-order chi connectivity index (χ1) is 10.2. The lowest BCUT2D eigenvalue weighted by molar-refractivity contribution is 0.317. The molecule has 112 valence electrons. The predicted octanol–water partition coefficient (Wildman–Crippen LogP) is 3.09. The quantitative estimate of drug-likeness (QED) is 0.630. The first-order valence-corrected chi connectivity index (χ1v) is 7.27. The molecule has 0 bridgehead atoms. The lowest BCUT2D eigenvalue weighted by atomic mass is 10.1. The van der Waals surface area contributed by atoms with Crippen LogP contribution in [0.1, 0.15) is 31.5 Å². The van der Waals surface area contributed by atoms with E-state index >= 15 is 0 Å². The Morgan fingerprint density at radius 3 is 2.43 bits per heavy atom. The van der Waals surface area contributed by atoms with Crippen LogP contribution in [0.5, 0.6) is 5.75 Å². The summed E-state index contributed by atoms with van der Waals surface area (Å²) in [5.41, 5.74) is 5.58. The Balaban J connectivity index is 2.33. The van der Waals surface area contributed by atoms with Crippen LogP contribution in [0.25, 0.3) is 11.4 Å². The number of nitrogen functional groups attached to an aromatic ring is 1. The highest BCUT2D eigenvalue weighted by Gasteiger charge is 2.10. The molecule has 0 saturated heterocycles. The zero-order valence-corrected chi connectivity index (χ0v) is 12.8. The Labute approximate surface area is 125 Å². The summed E-state index contributed by atoms with van der Waals surface area (Å²) in [5, 5.41) is 0. The molecule has 0 aliphatic rings. The van der Waals surface area contributed by atoms with E-state index in [0.29, 0.717) is 11.6 Å². The summed E-state index contributed by atoms with van der Waals surface area (Å²) in [6.07, 6.45) is 1.84.